The van der Waals surface area contributed by atoms with Gasteiger partial charge in [-0.05, 0) is 19.3 Å². The van der Waals surface area contributed by atoms with Gasteiger partial charge < -0.3 is 9.84 Å². The van der Waals surface area contributed by atoms with E-state index in [9.17, 15) is 9.59 Å². The number of unbranched alkanes of at least 4 members (excludes halogenated alkanes) is 24. The monoisotopic (exact) mass is 510 g/mol. The SMILES string of the molecule is CCCCCCCCCCCCCCCCC(=O)OCCCCCCCCCCCCCCC(=O)O. The molecule has 0 aliphatic carbocycles. The normalized spacial score (nSPS) is 11.1. The first-order valence-electron chi connectivity index (χ1n) is 16.0. The molecule has 1 N–H and O–H groups in total. The van der Waals surface area contributed by atoms with E-state index < -0.39 is 5.97 Å². The molecule has 0 aromatic carbocycles. The van der Waals surface area contributed by atoms with E-state index in [1.807, 2.05) is 0 Å². The lowest BCUT2D eigenvalue weighted by Crippen LogP contribution is -2.05. The number of ether oxygens (including phenoxy) is 1. The van der Waals surface area contributed by atoms with Crippen LogP contribution in [0, 0.1) is 0 Å². The molecule has 0 aromatic rings. The Morgan fingerprint density at radius 3 is 1.11 bits per heavy atom. The summed E-state index contributed by atoms with van der Waals surface area (Å²) in [6.07, 6.45) is 33.8. The number of hydrogen-bond donors (Lipinski definition) is 1. The number of aliphatic carboxylic acids is 1. The quantitative estimate of drug-likeness (QED) is 0.0770. The number of carboxylic acid groups (broad SMARTS) is 1. The van der Waals surface area contributed by atoms with Crippen LogP contribution in [0.2, 0.25) is 0 Å². The average molecular weight is 511 g/mol. The first-order valence-corrected chi connectivity index (χ1v) is 16.0. The fourth-order valence-corrected chi connectivity index (χ4v) is 4.87. The van der Waals surface area contributed by atoms with E-state index >= 15 is 0 Å². The van der Waals surface area contributed by atoms with Crippen molar-refractivity contribution < 1.29 is 19.4 Å². The van der Waals surface area contributed by atoms with Gasteiger partial charge in [-0.15, -0.1) is 0 Å². The molecule has 4 nitrogen and oxygen atoms in total. The van der Waals surface area contributed by atoms with Gasteiger partial charge in [-0.3, -0.25) is 9.59 Å². The Kier molecular flexibility index (Phi) is 29.3. The largest absolute Gasteiger partial charge is 0.481 e. The average Bonchev–Trinajstić information content (AvgIpc) is 2.86. The highest BCUT2D eigenvalue weighted by Gasteiger charge is 2.03. The zero-order chi connectivity index (χ0) is 26.4. The molecular formula is C32H62O4. The van der Waals surface area contributed by atoms with Crippen LogP contribution < -0.4 is 0 Å². The van der Waals surface area contributed by atoms with Gasteiger partial charge in [0.1, 0.15) is 0 Å². The van der Waals surface area contributed by atoms with Crippen LogP contribution >= 0.6 is 0 Å². The summed E-state index contributed by atoms with van der Waals surface area (Å²) in [5.41, 5.74) is 0. The molecule has 0 heterocycles. The van der Waals surface area contributed by atoms with E-state index in [0.717, 1.165) is 38.5 Å². The molecule has 0 unspecified atom stereocenters. The molecule has 0 rings (SSSR count). The highest BCUT2D eigenvalue weighted by molar-refractivity contribution is 5.69. The zero-order valence-electron chi connectivity index (χ0n) is 24.2. The maximum atomic E-state index is 11.9. The molecule has 0 amide bonds. The van der Waals surface area contributed by atoms with Crippen molar-refractivity contribution >= 4 is 11.9 Å². The summed E-state index contributed by atoms with van der Waals surface area (Å²) in [5, 5.41) is 8.61. The summed E-state index contributed by atoms with van der Waals surface area (Å²) in [7, 11) is 0. The molecule has 214 valence electrons. The van der Waals surface area contributed by atoms with Crippen LogP contribution in [0.5, 0.6) is 0 Å². The third kappa shape index (κ3) is 31.0. The molecule has 0 radical (unpaired) electrons. The second kappa shape index (κ2) is 30.2. The highest BCUT2D eigenvalue weighted by Crippen LogP contribution is 2.14. The van der Waals surface area contributed by atoms with Crippen molar-refractivity contribution in [3.8, 4) is 0 Å². The fraction of sp³-hybridized carbons (Fsp3) is 0.938. The maximum Gasteiger partial charge on any atom is 0.305 e. The Labute approximate surface area is 224 Å². The first-order chi connectivity index (χ1) is 17.7. The van der Waals surface area contributed by atoms with E-state index in [2.05, 4.69) is 6.92 Å². The Balaban J connectivity index is 3.15. The molecule has 0 bridgehead atoms. The molecule has 0 atom stereocenters. The second-order valence-corrected chi connectivity index (χ2v) is 11.0. The second-order valence-electron chi connectivity index (χ2n) is 11.0. The Morgan fingerprint density at radius 1 is 0.444 bits per heavy atom. The van der Waals surface area contributed by atoms with Crippen molar-refractivity contribution in [3.05, 3.63) is 0 Å². The maximum absolute atomic E-state index is 11.9. The minimum Gasteiger partial charge on any atom is -0.481 e. The van der Waals surface area contributed by atoms with Crippen molar-refractivity contribution in [2.45, 2.75) is 187 Å². The molecular weight excluding hydrogens is 448 g/mol. The molecule has 0 fully saturated rings. The van der Waals surface area contributed by atoms with Crippen LogP contribution in [-0.2, 0) is 14.3 Å². The zero-order valence-corrected chi connectivity index (χ0v) is 24.2. The summed E-state index contributed by atoms with van der Waals surface area (Å²) in [6, 6.07) is 0. The lowest BCUT2D eigenvalue weighted by atomic mass is 10.0. The Morgan fingerprint density at radius 2 is 0.750 bits per heavy atom. The van der Waals surface area contributed by atoms with E-state index in [4.69, 9.17) is 9.84 Å². The molecule has 4 heteroatoms. The molecule has 0 saturated heterocycles. The van der Waals surface area contributed by atoms with Crippen molar-refractivity contribution in [3.63, 3.8) is 0 Å². The summed E-state index contributed by atoms with van der Waals surface area (Å²) in [6.45, 7) is 2.87. The van der Waals surface area contributed by atoms with Crippen molar-refractivity contribution in [1.82, 2.24) is 0 Å². The predicted molar refractivity (Wildman–Crippen MR) is 154 cm³/mol. The third-order valence-corrected chi connectivity index (χ3v) is 7.28. The lowest BCUT2D eigenvalue weighted by Gasteiger charge is -2.06. The van der Waals surface area contributed by atoms with Crippen LogP contribution in [0.3, 0.4) is 0 Å². The number of carbonyl (C=O) groups is 2. The molecule has 0 saturated carbocycles. The van der Waals surface area contributed by atoms with Gasteiger partial charge in [0.2, 0.25) is 0 Å². The van der Waals surface area contributed by atoms with E-state index in [0.29, 0.717) is 19.4 Å². The van der Waals surface area contributed by atoms with Crippen LogP contribution in [0.4, 0.5) is 0 Å². The fourth-order valence-electron chi connectivity index (χ4n) is 4.87. The molecule has 0 spiro atoms. The minimum absolute atomic E-state index is 0.00287. The molecule has 0 aromatic heterocycles. The van der Waals surface area contributed by atoms with Gasteiger partial charge in [-0.25, -0.2) is 0 Å². The van der Waals surface area contributed by atoms with Crippen LogP contribution in [0.15, 0.2) is 0 Å². The first kappa shape index (κ1) is 34.9. The van der Waals surface area contributed by atoms with E-state index in [1.165, 1.54) is 128 Å². The Bertz CT molecular complexity index is 463. The van der Waals surface area contributed by atoms with Gasteiger partial charge in [0.05, 0.1) is 6.61 Å². The van der Waals surface area contributed by atoms with E-state index in [1.54, 1.807) is 0 Å². The summed E-state index contributed by atoms with van der Waals surface area (Å²) in [4.78, 5) is 22.3. The number of carboxylic acids is 1. The smallest absolute Gasteiger partial charge is 0.305 e. The number of rotatable bonds is 30. The predicted octanol–water partition coefficient (Wildman–Crippen LogP) is 10.6. The Hall–Kier alpha value is -1.06. The summed E-state index contributed by atoms with van der Waals surface area (Å²) in [5.74, 6) is -0.676. The van der Waals surface area contributed by atoms with Gasteiger partial charge >= 0.3 is 11.9 Å². The molecule has 36 heavy (non-hydrogen) atoms. The van der Waals surface area contributed by atoms with Gasteiger partial charge in [-0.1, -0.05) is 155 Å². The van der Waals surface area contributed by atoms with Crippen LogP contribution in [0.25, 0.3) is 0 Å². The van der Waals surface area contributed by atoms with Crippen LogP contribution in [-0.4, -0.2) is 23.7 Å². The summed E-state index contributed by atoms with van der Waals surface area (Å²) < 4.78 is 5.40. The molecule has 0 aliphatic heterocycles. The van der Waals surface area contributed by atoms with Gasteiger partial charge in [0, 0.05) is 12.8 Å². The number of carbonyl (C=O) groups excluding carboxylic acids is 1. The molecule has 0 aliphatic rings. The van der Waals surface area contributed by atoms with Crippen LogP contribution in [0.1, 0.15) is 187 Å². The standard InChI is InChI=1S/C32H62O4/c1-2-3-4-5-6-7-8-9-10-14-17-20-23-26-29-32(35)36-30-27-24-21-18-15-12-11-13-16-19-22-25-28-31(33)34/h2-30H2,1H3,(H,33,34). The topological polar surface area (TPSA) is 63.6 Å². The van der Waals surface area contributed by atoms with Crippen molar-refractivity contribution in [1.29, 1.82) is 0 Å². The van der Waals surface area contributed by atoms with Gasteiger partial charge in [-0.2, -0.15) is 0 Å². The highest BCUT2D eigenvalue weighted by atomic mass is 16.5. The minimum atomic E-state index is -0.673. The third-order valence-electron chi connectivity index (χ3n) is 7.28. The number of esters is 1. The lowest BCUT2D eigenvalue weighted by molar-refractivity contribution is -0.144. The van der Waals surface area contributed by atoms with Crippen molar-refractivity contribution in [2.75, 3.05) is 6.61 Å². The number of hydrogen-bond acceptors (Lipinski definition) is 3. The summed E-state index contributed by atoms with van der Waals surface area (Å²) >= 11 is 0. The van der Waals surface area contributed by atoms with Crippen molar-refractivity contribution in [2.24, 2.45) is 0 Å². The van der Waals surface area contributed by atoms with E-state index in [-0.39, 0.29) is 5.97 Å². The van der Waals surface area contributed by atoms with Gasteiger partial charge in [0.15, 0.2) is 0 Å². The van der Waals surface area contributed by atoms with Gasteiger partial charge in [0.25, 0.3) is 0 Å².